The Labute approximate surface area is 82.0 Å². The molecule has 0 fully saturated rings. The van der Waals surface area contributed by atoms with E-state index in [2.05, 4.69) is 50.8 Å². The van der Waals surface area contributed by atoms with E-state index in [1.54, 1.807) is 11.1 Å². The molecule has 0 aromatic heterocycles. The summed E-state index contributed by atoms with van der Waals surface area (Å²) in [5.74, 6) is 0. The Morgan fingerprint density at radius 1 is 1.15 bits per heavy atom. The van der Waals surface area contributed by atoms with E-state index >= 15 is 0 Å². The summed E-state index contributed by atoms with van der Waals surface area (Å²) in [4.78, 5) is 0. The first-order chi connectivity index (χ1) is 5.95. The third-order valence-corrected chi connectivity index (χ3v) is 7.57. The van der Waals surface area contributed by atoms with Crippen LogP contribution in [-0.2, 0) is 11.5 Å². The van der Waals surface area contributed by atoms with Crippen LogP contribution < -0.4 is 0 Å². The summed E-state index contributed by atoms with van der Waals surface area (Å²) in [7, 11) is -1.05. The van der Waals surface area contributed by atoms with Gasteiger partial charge in [-0.2, -0.15) is 0 Å². The van der Waals surface area contributed by atoms with Crippen molar-refractivity contribution >= 4 is 8.07 Å². The molecular formula is C12H18Si. The molecule has 0 bridgehead atoms. The van der Waals surface area contributed by atoms with Crippen molar-refractivity contribution in [3.05, 3.63) is 35.4 Å². The van der Waals surface area contributed by atoms with Gasteiger partial charge in [0.25, 0.3) is 0 Å². The summed E-state index contributed by atoms with van der Waals surface area (Å²) in [5, 5.41) is 0.531. The van der Waals surface area contributed by atoms with Crippen molar-refractivity contribution in [3.8, 4) is 0 Å². The summed E-state index contributed by atoms with van der Waals surface area (Å²) in [5.41, 5.74) is 3.20. The van der Waals surface area contributed by atoms with Crippen molar-refractivity contribution in [1.82, 2.24) is 0 Å². The van der Waals surface area contributed by atoms with Crippen molar-refractivity contribution < 1.29 is 0 Å². The zero-order valence-electron chi connectivity index (χ0n) is 9.02. The summed E-state index contributed by atoms with van der Waals surface area (Å²) in [6.07, 6.45) is 1.30. The fourth-order valence-corrected chi connectivity index (χ4v) is 4.02. The van der Waals surface area contributed by atoms with E-state index in [1.165, 1.54) is 6.42 Å². The van der Waals surface area contributed by atoms with Gasteiger partial charge in [-0.05, 0) is 22.6 Å². The Bertz CT molecular complexity index is 335. The minimum atomic E-state index is -1.05. The van der Waals surface area contributed by atoms with Gasteiger partial charge in [0.15, 0.2) is 0 Å². The van der Waals surface area contributed by atoms with Crippen LogP contribution in [0.15, 0.2) is 24.3 Å². The smallest absolute Gasteiger partial charge is 0.0557 e. The van der Waals surface area contributed by atoms with Crippen LogP contribution >= 0.6 is 0 Å². The van der Waals surface area contributed by atoms with Crippen LogP contribution in [0.2, 0.25) is 19.6 Å². The zero-order valence-corrected chi connectivity index (χ0v) is 10.0. The molecule has 1 aliphatic rings. The van der Waals surface area contributed by atoms with Gasteiger partial charge in [-0.15, -0.1) is 0 Å². The molecule has 0 spiro atoms. The van der Waals surface area contributed by atoms with Crippen molar-refractivity contribution in [2.24, 2.45) is 0 Å². The molecule has 0 aliphatic heterocycles. The highest BCUT2D eigenvalue weighted by atomic mass is 28.3. The van der Waals surface area contributed by atoms with Crippen molar-refractivity contribution in [1.29, 1.82) is 0 Å². The van der Waals surface area contributed by atoms with Gasteiger partial charge in [-0.25, -0.2) is 0 Å². The highest BCUT2D eigenvalue weighted by Crippen LogP contribution is 2.46. The molecule has 1 atom stereocenters. The summed E-state index contributed by atoms with van der Waals surface area (Å²) in [6.45, 7) is 9.87. The minimum Gasteiger partial charge on any atom is -0.0689 e. The standard InChI is InChI=1S/C12H18Si/c1-12(13(2,3)4)9-10-7-5-6-8-11(10)12/h5-8H,9H2,1-4H3/t12-/m0/s1. The summed E-state index contributed by atoms with van der Waals surface area (Å²) in [6, 6.07) is 8.92. The topological polar surface area (TPSA) is 0 Å². The molecule has 0 saturated heterocycles. The Morgan fingerprint density at radius 2 is 1.77 bits per heavy atom. The lowest BCUT2D eigenvalue weighted by Crippen LogP contribution is -2.54. The largest absolute Gasteiger partial charge is 0.0689 e. The van der Waals surface area contributed by atoms with Gasteiger partial charge in [0.05, 0.1) is 8.07 Å². The van der Waals surface area contributed by atoms with Crippen LogP contribution in [0.25, 0.3) is 0 Å². The normalized spacial score (nSPS) is 26.5. The SMILES string of the molecule is C[C@]1([Si](C)(C)C)Cc2ccccc21. The highest BCUT2D eigenvalue weighted by molar-refractivity contribution is 6.79. The maximum Gasteiger partial charge on any atom is 0.0557 e. The first-order valence-corrected chi connectivity index (χ1v) is 8.53. The fourth-order valence-electron chi connectivity index (χ4n) is 2.25. The van der Waals surface area contributed by atoms with E-state index in [0.29, 0.717) is 5.04 Å². The Hall–Kier alpha value is -0.563. The monoisotopic (exact) mass is 190 g/mol. The fraction of sp³-hybridized carbons (Fsp3) is 0.500. The average Bonchev–Trinajstić information content (AvgIpc) is 2.00. The quantitative estimate of drug-likeness (QED) is 0.596. The van der Waals surface area contributed by atoms with Crippen LogP contribution in [0.3, 0.4) is 0 Å². The Morgan fingerprint density at radius 3 is 2.31 bits per heavy atom. The van der Waals surface area contributed by atoms with Crippen LogP contribution in [-0.4, -0.2) is 8.07 Å². The molecule has 0 nitrogen and oxygen atoms in total. The molecule has 0 saturated carbocycles. The van der Waals surface area contributed by atoms with Crippen LogP contribution in [0, 0.1) is 0 Å². The molecule has 0 amide bonds. The second kappa shape index (κ2) is 2.47. The zero-order chi connectivity index (χ0) is 9.69. The molecule has 0 heterocycles. The molecule has 1 aliphatic carbocycles. The lowest BCUT2D eigenvalue weighted by Gasteiger charge is -2.49. The maximum atomic E-state index is 2.48. The number of rotatable bonds is 1. The van der Waals surface area contributed by atoms with Crippen LogP contribution in [0.4, 0.5) is 0 Å². The summed E-state index contributed by atoms with van der Waals surface area (Å²) < 4.78 is 0. The van der Waals surface area contributed by atoms with Crippen molar-refractivity contribution in [3.63, 3.8) is 0 Å². The van der Waals surface area contributed by atoms with Gasteiger partial charge in [0, 0.05) is 0 Å². The molecular weight excluding hydrogens is 172 g/mol. The van der Waals surface area contributed by atoms with Gasteiger partial charge in [-0.1, -0.05) is 50.8 Å². The number of hydrogen-bond donors (Lipinski definition) is 0. The van der Waals surface area contributed by atoms with Crippen molar-refractivity contribution in [2.75, 3.05) is 0 Å². The number of fused-ring (bicyclic) bond motifs is 1. The average molecular weight is 190 g/mol. The van der Waals surface area contributed by atoms with Gasteiger partial charge in [0.1, 0.15) is 0 Å². The first-order valence-electron chi connectivity index (χ1n) is 5.03. The van der Waals surface area contributed by atoms with E-state index in [4.69, 9.17) is 0 Å². The van der Waals surface area contributed by atoms with E-state index in [-0.39, 0.29) is 0 Å². The lowest BCUT2D eigenvalue weighted by atomic mass is 9.78. The van der Waals surface area contributed by atoms with E-state index in [0.717, 1.165) is 0 Å². The third kappa shape index (κ3) is 1.10. The molecule has 2 rings (SSSR count). The second-order valence-electron chi connectivity index (χ2n) is 5.42. The van der Waals surface area contributed by atoms with Gasteiger partial charge < -0.3 is 0 Å². The molecule has 1 heteroatoms. The molecule has 70 valence electrons. The predicted molar refractivity (Wildman–Crippen MR) is 60.8 cm³/mol. The van der Waals surface area contributed by atoms with E-state index in [1.807, 2.05) is 0 Å². The van der Waals surface area contributed by atoms with Gasteiger partial charge in [-0.3, -0.25) is 0 Å². The third-order valence-electron chi connectivity index (χ3n) is 3.81. The molecule has 0 radical (unpaired) electrons. The number of benzene rings is 1. The maximum absolute atomic E-state index is 2.48. The van der Waals surface area contributed by atoms with E-state index < -0.39 is 8.07 Å². The predicted octanol–water partition coefficient (Wildman–Crippen LogP) is 3.38. The second-order valence-corrected chi connectivity index (χ2v) is 11.0. The van der Waals surface area contributed by atoms with E-state index in [9.17, 15) is 0 Å². The van der Waals surface area contributed by atoms with Crippen LogP contribution in [0.5, 0.6) is 0 Å². The van der Waals surface area contributed by atoms with Crippen molar-refractivity contribution in [2.45, 2.75) is 38.0 Å². The van der Waals surface area contributed by atoms with Crippen LogP contribution in [0.1, 0.15) is 18.1 Å². The highest BCUT2D eigenvalue weighted by Gasteiger charge is 2.47. The Kier molecular flexibility index (Phi) is 1.72. The summed E-state index contributed by atoms with van der Waals surface area (Å²) >= 11 is 0. The molecule has 1 aromatic carbocycles. The van der Waals surface area contributed by atoms with Gasteiger partial charge >= 0.3 is 0 Å². The molecule has 1 aromatic rings. The molecule has 0 N–H and O–H groups in total. The number of hydrogen-bond acceptors (Lipinski definition) is 0. The van der Waals surface area contributed by atoms with Gasteiger partial charge in [0.2, 0.25) is 0 Å². The lowest BCUT2D eigenvalue weighted by molar-refractivity contribution is 0.557. The molecule has 13 heavy (non-hydrogen) atoms. The Balaban J connectivity index is 2.45. The molecule has 0 unspecified atom stereocenters. The first kappa shape index (κ1) is 9.01. The minimum absolute atomic E-state index is 0.531.